The van der Waals surface area contributed by atoms with Gasteiger partial charge in [-0.25, -0.2) is 9.97 Å². The lowest BCUT2D eigenvalue weighted by Gasteiger charge is -2.15. The maximum atomic E-state index is 5.18. The molecule has 0 saturated carbocycles. The van der Waals surface area contributed by atoms with Gasteiger partial charge in [0.05, 0.1) is 11.4 Å². The van der Waals surface area contributed by atoms with E-state index in [0.717, 1.165) is 33.9 Å². The summed E-state index contributed by atoms with van der Waals surface area (Å²) in [5.74, 6) is 0.722. The molecule has 0 spiro atoms. The summed E-state index contributed by atoms with van der Waals surface area (Å²) in [5.41, 5.74) is 4.96. The number of rotatable bonds is 3. The van der Waals surface area contributed by atoms with Gasteiger partial charge in [0.1, 0.15) is 0 Å². The summed E-state index contributed by atoms with van der Waals surface area (Å²) in [6, 6.07) is 56.3. The largest absolute Gasteiger partial charge is 0.228 e. The summed E-state index contributed by atoms with van der Waals surface area (Å²) >= 11 is 0. The van der Waals surface area contributed by atoms with Crippen molar-refractivity contribution < 1.29 is 0 Å². The molecule has 0 fully saturated rings. The van der Waals surface area contributed by atoms with Gasteiger partial charge in [0.2, 0.25) is 0 Å². The van der Waals surface area contributed by atoms with Crippen LogP contribution in [0.3, 0.4) is 0 Å². The summed E-state index contributed by atoms with van der Waals surface area (Å²) < 4.78 is 0. The molecule has 0 aliphatic rings. The molecule has 9 aromatic rings. The second-order valence-corrected chi connectivity index (χ2v) is 11.4. The average molecular weight is 559 g/mol. The summed E-state index contributed by atoms with van der Waals surface area (Å²) in [6.45, 7) is 0. The molecular weight excluding hydrogens is 532 g/mol. The molecule has 44 heavy (non-hydrogen) atoms. The lowest BCUT2D eigenvalue weighted by Crippen LogP contribution is -1.96. The Morgan fingerprint density at radius 3 is 1.48 bits per heavy atom. The van der Waals surface area contributed by atoms with Crippen molar-refractivity contribution in [1.82, 2.24) is 9.97 Å². The Labute approximate surface area is 254 Å². The van der Waals surface area contributed by atoms with Crippen molar-refractivity contribution in [3.8, 4) is 33.9 Å². The minimum Gasteiger partial charge on any atom is -0.228 e. The minimum atomic E-state index is 0.722. The van der Waals surface area contributed by atoms with Crippen molar-refractivity contribution in [2.24, 2.45) is 0 Å². The highest BCUT2D eigenvalue weighted by Crippen LogP contribution is 2.42. The maximum Gasteiger partial charge on any atom is 0.160 e. The molecule has 0 aliphatic heterocycles. The van der Waals surface area contributed by atoms with E-state index in [1.54, 1.807) is 0 Å². The minimum absolute atomic E-state index is 0.722. The molecule has 0 amide bonds. The van der Waals surface area contributed by atoms with Crippen LogP contribution >= 0.6 is 0 Å². The van der Waals surface area contributed by atoms with E-state index in [1.807, 2.05) is 24.3 Å². The predicted molar refractivity (Wildman–Crippen MR) is 186 cm³/mol. The summed E-state index contributed by atoms with van der Waals surface area (Å²) in [7, 11) is 0. The normalized spacial score (nSPS) is 11.6. The molecular formula is C42H26N2. The zero-order valence-corrected chi connectivity index (χ0v) is 23.9. The van der Waals surface area contributed by atoms with E-state index in [2.05, 4.69) is 133 Å². The first kappa shape index (κ1) is 24.7. The van der Waals surface area contributed by atoms with E-state index >= 15 is 0 Å². The zero-order chi connectivity index (χ0) is 29.0. The van der Waals surface area contributed by atoms with Crippen LogP contribution in [0.25, 0.3) is 87.8 Å². The van der Waals surface area contributed by atoms with Gasteiger partial charge in [-0.3, -0.25) is 0 Å². The van der Waals surface area contributed by atoms with Gasteiger partial charge < -0.3 is 0 Å². The van der Waals surface area contributed by atoms with Crippen LogP contribution < -0.4 is 0 Å². The molecule has 0 atom stereocenters. The second-order valence-electron chi connectivity index (χ2n) is 11.4. The van der Waals surface area contributed by atoms with Crippen LogP contribution in [0.15, 0.2) is 158 Å². The standard InChI is InChI=1S/C42H26N2/c1-3-12-27(13-4-1)38-26-39(44-42(43-38)29-14-5-2-6-15-29)31-24-30-23-22-28-16-11-21-36-34-19-9-7-17-32(34)33-18-8-10-20-35(33)37(25-31)41(30)40(28)36/h1-26H. The van der Waals surface area contributed by atoms with Crippen molar-refractivity contribution >= 4 is 53.9 Å². The SMILES string of the molecule is c1ccc(-c2cc(-c3cc4ccc5cccc6c7ccccc7c7ccccc7c(c3)c4c56)nc(-c3ccccc3)n2)cc1. The first-order chi connectivity index (χ1) is 21.8. The van der Waals surface area contributed by atoms with Gasteiger partial charge >= 0.3 is 0 Å². The molecule has 1 heterocycles. The molecule has 9 rings (SSSR count). The second kappa shape index (κ2) is 9.86. The quantitative estimate of drug-likeness (QED) is 0.202. The molecule has 1 aromatic heterocycles. The van der Waals surface area contributed by atoms with Crippen molar-refractivity contribution in [3.05, 3.63) is 158 Å². The molecule has 0 N–H and O–H groups in total. The smallest absolute Gasteiger partial charge is 0.160 e. The molecule has 0 bridgehead atoms. The fraction of sp³-hybridized carbons (Fsp3) is 0. The van der Waals surface area contributed by atoms with Gasteiger partial charge in [-0.15, -0.1) is 0 Å². The fourth-order valence-corrected chi connectivity index (χ4v) is 6.80. The highest BCUT2D eigenvalue weighted by atomic mass is 14.9. The van der Waals surface area contributed by atoms with Gasteiger partial charge in [-0.2, -0.15) is 0 Å². The topological polar surface area (TPSA) is 25.8 Å². The molecule has 2 heteroatoms. The number of fused-ring (bicyclic) bond motifs is 5. The van der Waals surface area contributed by atoms with Crippen molar-refractivity contribution in [3.63, 3.8) is 0 Å². The number of nitrogens with zero attached hydrogens (tertiary/aromatic N) is 2. The Morgan fingerprint density at radius 1 is 0.295 bits per heavy atom. The molecule has 0 radical (unpaired) electrons. The van der Waals surface area contributed by atoms with Crippen LogP contribution in [0.2, 0.25) is 0 Å². The number of hydrogen-bond donors (Lipinski definition) is 0. The van der Waals surface area contributed by atoms with Crippen LogP contribution in [0.4, 0.5) is 0 Å². The highest BCUT2D eigenvalue weighted by Gasteiger charge is 2.16. The summed E-state index contributed by atoms with van der Waals surface area (Å²) in [4.78, 5) is 10.2. The van der Waals surface area contributed by atoms with Crippen molar-refractivity contribution in [2.45, 2.75) is 0 Å². The monoisotopic (exact) mass is 558 g/mol. The van der Waals surface area contributed by atoms with E-state index in [0.29, 0.717) is 0 Å². The van der Waals surface area contributed by atoms with E-state index in [4.69, 9.17) is 9.97 Å². The van der Waals surface area contributed by atoms with Gasteiger partial charge in [0.15, 0.2) is 5.82 Å². The van der Waals surface area contributed by atoms with Gasteiger partial charge in [-0.05, 0) is 72.1 Å². The first-order valence-electron chi connectivity index (χ1n) is 15.0. The Hall–Kier alpha value is -5.86. The third-order valence-corrected chi connectivity index (χ3v) is 8.81. The predicted octanol–water partition coefficient (Wildman–Crippen LogP) is 11.2. The van der Waals surface area contributed by atoms with E-state index in [9.17, 15) is 0 Å². The molecule has 0 saturated heterocycles. The molecule has 204 valence electrons. The van der Waals surface area contributed by atoms with Crippen LogP contribution in [-0.4, -0.2) is 9.97 Å². The van der Waals surface area contributed by atoms with E-state index < -0.39 is 0 Å². The summed E-state index contributed by atoms with van der Waals surface area (Å²) in [6.07, 6.45) is 0. The van der Waals surface area contributed by atoms with Gasteiger partial charge in [0.25, 0.3) is 0 Å². The third kappa shape index (κ3) is 3.89. The average Bonchev–Trinajstić information content (AvgIpc) is 3.11. The van der Waals surface area contributed by atoms with Gasteiger partial charge in [-0.1, -0.05) is 140 Å². The van der Waals surface area contributed by atoms with Gasteiger partial charge in [0, 0.05) is 16.7 Å². The Morgan fingerprint density at radius 2 is 0.795 bits per heavy atom. The Bertz CT molecular complexity index is 2480. The molecule has 8 aromatic carbocycles. The number of hydrogen-bond acceptors (Lipinski definition) is 2. The van der Waals surface area contributed by atoms with Crippen LogP contribution in [-0.2, 0) is 0 Å². The fourth-order valence-electron chi connectivity index (χ4n) is 6.80. The van der Waals surface area contributed by atoms with Crippen molar-refractivity contribution in [1.29, 1.82) is 0 Å². The zero-order valence-electron chi connectivity index (χ0n) is 23.9. The van der Waals surface area contributed by atoms with Crippen LogP contribution in [0, 0.1) is 0 Å². The van der Waals surface area contributed by atoms with Crippen LogP contribution in [0.1, 0.15) is 0 Å². The first-order valence-corrected chi connectivity index (χ1v) is 15.0. The number of benzene rings is 7. The molecule has 0 aliphatic carbocycles. The Kier molecular flexibility index (Phi) is 5.54. The summed E-state index contributed by atoms with van der Waals surface area (Å²) in [5, 5.41) is 12.5. The highest BCUT2D eigenvalue weighted by molar-refractivity contribution is 6.33. The lowest BCUT2D eigenvalue weighted by atomic mass is 9.89. The van der Waals surface area contributed by atoms with E-state index in [-0.39, 0.29) is 0 Å². The van der Waals surface area contributed by atoms with E-state index in [1.165, 1.54) is 53.9 Å². The number of aromatic nitrogens is 2. The molecule has 0 unspecified atom stereocenters. The van der Waals surface area contributed by atoms with Crippen LogP contribution in [0.5, 0.6) is 0 Å². The third-order valence-electron chi connectivity index (χ3n) is 8.81. The Balaban J connectivity index is 1.44. The lowest BCUT2D eigenvalue weighted by molar-refractivity contribution is 1.18. The van der Waals surface area contributed by atoms with Crippen molar-refractivity contribution in [2.75, 3.05) is 0 Å². The maximum absolute atomic E-state index is 5.18. The molecule has 2 nitrogen and oxygen atoms in total.